The summed E-state index contributed by atoms with van der Waals surface area (Å²) in [6, 6.07) is 9.09. The van der Waals surface area contributed by atoms with Crippen LogP contribution in [-0.4, -0.2) is 85.8 Å². The highest BCUT2D eigenvalue weighted by atomic mass is 32.2. The number of rotatable bonds is 8. The van der Waals surface area contributed by atoms with E-state index < -0.39 is 10.0 Å². The minimum Gasteiger partial charge on any atom is -0.371 e. The zero-order valence-electron chi connectivity index (χ0n) is 20.2. The molecule has 0 aliphatic carbocycles. The average Bonchev–Trinajstić information content (AvgIpc) is 3.40. The number of piperazine rings is 1. The van der Waals surface area contributed by atoms with Crippen LogP contribution >= 0.6 is 0 Å². The second-order valence-electron chi connectivity index (χ2n) is 8.89. The molecule has 34 heavy (non-hydrogen) atoms. The largest absolute Gasteiger partial charge is 0.371 e. The lowest BCUT2D eigenvalue weighted by Crippen LogP contribution is -2.48. The molecule has 0 saturated carbocycles. The highest BCUT2D eigenvalue weighted by molar-refractivity contribution is 7.89. The number of aromatic nitrogens is 1. The summed E-state index contributed by atoms with van der Waals surface area (Å²) in [5.74, 6) is -0.0838. The lowest BCUT2D eigenvalue weighted by atomic mass is 10.1. The van der Waals surface area contributed by atoms with Gasteiger partial charge in [-0.15, -0.1) is 0 Å². The summed E-state index contributed by atoms with van der Waals surface area (Å²) in [5.41, 5.74) is 2.50. The van der Waals surface area contributed by atoms with Gasteiger partial charge >= 0.3 is 0 Å². The SMILES string of the molecule is CCN(CC)S(=O)(=O)c1ccc(N2CCCC2)c(C(=O)N2CCN(Cc3cccnc3)CC2)c1. The molecule has 0 radical (unpaired) electrons. The van der Waals surface area contributed by atoms with Crippen LogP contribution in [0.1, 0.15) is 42.6 Å². The molecule has 0 atom stereocenters. The molecule has 1 aromatic carbocycles. The van der Waals surface area contributed by atoms with Crippen molar-refractivity contribution in [2.75, 3.05) is 57.3 Å². The lowest BCUT2D eigenvalue weighted by molar-refractivity contribution is 0.0628. The number of benzene rings is 1. The van der Waals surface area contributed by atoms with Gasteiger partial charge < -0.3 is 9.80 Å². The molecule has 2 aliphatic heterocycles. The Morgan fingerprint density at radius 1 is 1.00 bits per heavy atom. The average molecular weight is 486 g/mol. The number of carbonyl (C=O) groups excluding carboxylic acids is 1. The normalized spacial score (nSPS) is 17.5. The van der Waals surface area contributed by atoms with Crippen molar-refractivity contribution in [1.29, 1.82) is 0 Å². The maximum atomic E-state index is 13.7. The van der Waals surface area contributed by atoms with E-state index >= 15 is 0 Å². The molecule has 4 rings (SSSR count). The van der Waals surface area contributed by atoms with E-state index in [4.69, 9.17) is 0 Å². The molecule has 1 amide bonds. The first-order chi connectivity index (χ1) is 16.4. The van der Waals surface area contributed by atoms with Crippen LogP contribution in [0.25, 0.3) is 0 Å². The van der Waals surface area contributed by atoms with Crippen molar-refractivity contribution in [2.45, 2.75) is 38.1 Å². The number of nitrogens with zero attached hydrogens (tertiary/aromatic N) is 5. The van der Waals surface area contributed by atoms with Gasteiger partial charge in [0.1, 0.15) is 0 Å². The molecule has 8 nitrogen and oxygen atoms in total. The zero-order valence-corrected chi connectivity index (χ0v) is 21.0. The molecule has 0 bridgehead atoms. The van der Waals surface area contributed by atoms with Gasteiger partial charge in [-0.3, -0.25) is 14.7 Å². The highest BCUT2D eigenvalue weighted by Gasteiger charge is 2.29. The molecule has 0 unspecified atom stereocenters. The molecule has 2 aromatic rings. The molecule has 184 valence electrons. The molecular formula is C25H35N5O3S. The third kappa shape index (κ3) is 5.26. The maximum absolute atomic E-state index is 13.7. The van der Waals surface area contributed by atoms with Crippen LogP contribution in [0.2, 0.25) is 0 Å². The van der Waals surface area contributed by atoms with Crippen LogP contribution in [0.15, 0.2) is 47.6 Å². The smallest absolute Gasteiger partial charge is 0.256 e. The quantitative estimate of drug-likeness (QED) is 0.572. The van der Waals surface area contributed by atoms with Gasteiger partial charge in [0.25, 0.3) is 5.91 Å². The van der Waals surface area contributed by atoms with E-state index in [-0.39, 0.29) is 10.8 Å². The number of amides is 1. The summed E-state index contributed by atoms with van der Waals surface area (Å²) < 4.78 is 27.8. The number of anilines is 1. The van der Waals surface area contributed by atoms with Gasteiger partial charge in [0, 0.05) is 77.0 Å². The second-order valence-corrected chi connectivity index (χ2v) is 10.8. The fourth-order valence-electron chi connectivity index (χ4n) is 4.82. The van der Waals surface area contributed by atoms with Crippen molar-refractivity contribution in [2.24, 2.45) is 0 Å². The van der Waals surface area contributed by atoms with E-state index in [0.717, 1.165) is 56.8 Å². The minimum absolute atomic E-state index is 0.0838. The monoisotopic (exact) mass is 485 g/mol. The van der Waals surface area contributed by atoms with Gasteiger partial charge in [0.15, 0.2) is 0 Å². The first-order valence-electron chi connectivity index (χ1n) is 12.2. The number of carbonyl (C=O) groups is 1. The summed E-state index contributed by atoms with van der Waals surface area (Å²) in [5, 5.41) is 0. The molecule has 9 heteroatoms. The standard InChI is InChI=1S/C25H35N5O3S/c1-3-30(4-2)34(32,33)22-9-10-24(28-12-5-6-13-28)23(18-22)25(31)29-16-14-27(15-17-29)20-21-8-7-11-26-19-21/h7-11,18-19H,3-6,12-17,20H2,1-2H3. The summed E-state index contributed by atoms with van der Waals surface area (Å²) in [6.45, 7) is 9.83. The minimum atomic E-state index is -3.64. The predicted molar refractivity (Wildman–Crippen MR) is 133 cm³/mol. The van der Waals surface area contributed by atoms with Crippen LogP contribution < -0.4 is 4.90 Å². The molecule has 0 spiro atoms. The Hall–Kier alpha value is -2.49. The third-order valence-electron chi connectivity index (χ3n) is 6.78. The topological polar surface area (TPSA) is 77.1 Å². The Morgan fingerprint density at radius 2 is 1.71 bits per heavy atom. The molecule has 1 aromatic heterocycles. The van der Waals surface area contributed by atoms with Crippen LogP contribution in [0.5, 0.6) is 0 Å². The Morgan fingerprint density at radius 3 is 2.32 bits per heavy atom. The van der Waals surface area contributed by atoms with Crippen LogP contribution in [0.3, 0.4) is 0 Å². The number of hydrogen-bond acceptors (Lipinski definition) is 6. The number of pyridine rings is 1. The van der Waals surface area contributed by atoms with Crippen molar-refractivity contribution in [3.05, 3.63) is 53.9 Å². The molecule has 2 saturated heterocycles. The Kier molecular flexibility index (Phi) is 7.85. The molecule has 3 heterocycles. The second kappa shape index (κ2) is 10.8. The third-order valence-corrected chi connectivity index (χ3v) is 8.82. The molecule has 2 fully saturated rings. The Labute approximate surface area is 203 Å². The summed E-state index contributed by atoms with van der Waals surface area (Å²) in [7, 11) is -3.64. The van der Waals surface area contributed by atoms with E-state index in [2.05, 4.69) is 20.9 Å². The summed E-state index contributed by atoms with van der Waals surface area (Å²) in [6.07, 6.45) is 5.81. The lowest BCUT2D eigenvalue weighted by Gasteiger charge is -2.35. The van der Waals surface area contributed by atoms with Gasteiger partial charge in [-0.25, -0.2) is 8.42 Å². The van der Waals surface area contributed by atoms with Crippen molar-refractivity contribution >= 4 is 21.6 Å². The van der Waals surface area contributed by atoms with Gasteiger partial charge in [-0.1, -0.05) is 19.9 Å². The van der Waals surface area contributed by atoms with Gasteiger partial charge in [-0.2, -0.15) is 4.31 Å². The predicted octanol–water partition coefficient (Wildman–Crippen LogP) is 2.67. The Bertz CT molecular complexity index is 1070. The first kappa shape index (κ1) is 24.6. The van der Waals surface area contributed by atoms with E-state index in [9.17, 15) is 13.2 Å². The number of sulfonamides is 1. The van der Waals surface area contributed by atoms with E-state index in [1.165, 1.54) is 4.31 Å². The van der Waals surface area contributed by atoms with Crippen molar-refractivity contribution in [3.63, 3.8) is 0 Å². The maximum Gasteiger partial charge on any atom is 0.256 e. The molecular weight excluding hydrogens is 450 g/mol. The van der Waals surface area contributed by atoms with Gasteiger partial charge in [0.2, 0.25) is 10.0 Å². The van der Waals surface area contributed by atoms with Crippen LogP contribution in [0, 0.1) is 0 Å². The molecule has 2 aliphatic rings. The van der Waals surface area contributed by atoms with Crippen LogP contribution in [0.4, 0.5) is 5.69 Å². The van der Waals surface area contributed by atoms with Crippen molar-refractivity contribution in [1.82, 2.24) is 19.1 Å². The zero-order chi connectivity index (χ0) is 24.1. The van der Waals surface area contributed by atoms with Gasteiger partial charge in [-0.05, 0) is 42.7 Å². The van der Waals surface area contributed by atoms with Gasteiger partial charge in [0.05, 0.1) is 10.5 Å². The fraction of sp³-hybridized carbons (Fsp3) is 0.520. The fourth-order valence-corrected chi connectivity index (χ4v) is 6.31. The van der Waals surface area contributed by atoms with E-state index in [1.807, 2.05) is 37.1 Å². The summed E-state index contributed by atoms with van der Waals surface area (Å²) in [4.78, 5) is 24.5. The van der Waals surface area contributed by atoms with Crippen molar-refractivity contribution < 1.29 is 13.2 Å². The van der Waals surface area contributed by atoms with E-state index in [0.29, 0.717) is 31.7 Å². The van der Waals surface area contributed by atoms with Crippen LogP contribution in [-0.2, 0) is 16.6 Å². The van der Waals surface area contributed by atoms with E-state index in [1.54, 1.807) is 18.3 Å². The number of hydrogen-bond donors (Lipinski definition) is 0. The molecule has 0 N–H and O–H groups in total. The Balaban J connectivity index is 1.55. The summed E-state index contributed by atoms with van der Waals surface area (Å²) >= 11 is 0. The van der Waals surface area contributed by atoms with Crippen molar-refractivity contribution in [3.8, 4) is 0 Å². The highest BCUT2D eigenvalue weighted by Crippen LogP contribution is 2.30. The first-order valence-corrected chi connectivity index (χ1v) is 13.7.